The maximum atomic E-state index is 5.98. The maximum Gasteiger partial charge on any atom is 0.142 e. The van der Waals surface area contributed by atoms with Gasteiger partial charge in [0.25, 0.3) is 0 Å². The quantitative estimate of drug-likeness (QED) is 0.880. The first-order chi connectivity index (χ1) is 10.2. The van der Waals surface area contributed by atoms with Crippen LogP contribution in [0.4, 0.5) is 0 Å². The Bertz CT molecular complexity index is 620. The van der Waals surface area contributed by atoms with E-state index in [9.17, 15) is 0 Å². The number of hydrogen-bond donors (Lipinski definition) is 1. The predicted molar refractivity (Wildman–Crippen MR) is 84.3 cm³/mol. The SMILES string of the molecule is Cc1cccc(COc2ccc(C)nc2CNC2CC2)c1. The van der Waals surface area contributed by atoms with Crippen LogP contribution in [0.15, 0.2) is 36.4 Å². The Morgan fingerprint density at radius 3 is 2.81 bits per heavy atom. The molecule has 1 aromatic heterocycles. The van der Waals surface area contributed by atoms with Gasteiger partial charge < -0.3 is 10.1 Å². The van der Waals surface area contributed by atoms with Gasteiger partial charge in [0.2, 0.25) is 0 Å². The zero-order valence-corrected chi connectivity index (χ0v) is 12.7. The molecule has 0 bridgehead atoms. The molecule has 3 rings (SSSR count). The van der Waals surface area contributed by atoms with Crippen molar-refractivity contribution in [3.8, 4) is 5.75 Å². The molecule has 2 aromatic rings. The molecular formula is C18H22N2O. The number of hydrogen-bond acceptors (Lipinski definition) is 3. The predicted octanol–water partition coefficient (Wildman–Crippen LogP) is 3.53. The highest BCUT2D eigenvalue weighted by molar-refractivity contribution is 5.30. The average Bonchev–Trinajstić information content (AvgIpc) is 3.28. The minimum absolute atomic E-state index is 0.586. The Kier molecular flexibility index (Phi) is 4.20. The number of aryl methyl sites for hydroxylation is 2. The van der Waals surface area contributed by atoms with E-state index in [1.54, 1.807) is 0 Å². The number of benzene rings is 1. The maximum absolute atomic E-state index is 5.98. The number of rotatable bonds is 6. The van der Waals surface area contributed by atoms with Gasteiger partial charge in [-0.3, -0.25) is 4.98 Å². The fourth-order valence-electron chi connectivity index (χ4n) is 2.35. The third kappa shape index (κ3) is 4.05. The first kappa shape index (κ1) is 14.1. The molecule has 0 radical (unpaired) electrons. The summed E-state index contributed by atoms with van der Waals surface area (Å²) in [7, 11) is 0. The molecule has 1 fully saturated rings. The molecule has 21 heavy (non-hydrogen) atoms. The lowest BCUT2D eigenvalue weighted by Crippen LogP contribution is -2.17. The van der Waals surface area contributed by atoms with Crippen LogP contribution < -0.4 is 10.1 Å². The minimum atomic E-state index is 0.586. The molecule has 0 saturated heterocycles. The van der Waals surface area contributed by atoms with Gasteiger partial charge in [0.15, 0.2) is 0 Å². The molecule has 0 unspecified atom stereocenters. The van der Waals surface area contributed by atoms with Crippen LogP contribution in [0.5, 0.6) is 5.75 Å². The van der Waals surface area contributed by atoms with Crippen molar-refractivity contribution in [2.75, 3.05) is 0 Å². The third-order valence-electron chi connectivity index (χ3n) is 3.68. The lowest BCUT2D eigenvalue weighted by molar-refractivity contribution is 0.300. The third-order valence-corrected chi connectivity index (χ3v) is 3.68. The van der Waals surface area contributed by atoms with Gasteiger partial charge in [0.1, 0.15) is 12.4 Å². The summed E-state index contributed by atoms with van der Waals surface area (Å²) in [5, 5.41) is 3.51. The monoisotopic (exact) mass is 282 g/mol. The highest BCUT2D eigenvalue weighted by atomic mass is 16.5. The summed E-state index contributed by atoms with van der Waals surface area (Å²) in [6, 6.07) is 13.1. The van der Waals surface area contributed by atoms with E-state index in [4.69, 9.17) is 4.74 Å². The molecule has 1 aromatic carbocycles. The van der Waals surface area contributed by atoms with Gasteiger partial charge in [0.05, 0.1) is 5.69 Å². The van der Waals surface area contributed by atoms with Crippen LogP contribution in [0.3, 0.4) is 0 Å². The van der Waals surface area contributed by atoms with E-state index in [0.717, 1.165) is 23.7 Å². The largest absolute Gasteiger partial charge is 0.487 e. The van der Waals surface area contributed by atoms with E-state index in [1.165, 1.54) is 24.0 Å². The van der Waals surface area contributed by atoms with Crippen molar-refractivity contribution >= 4 is 0 Å². The van der Waals surface area contributed by atoms with Crippen LogP contribution >= 0.6 is 0 Å². The van der Waals surface area contributed by atoms with E-state index in [1.807, 2.05) is 19.1 Å². The molecule has 0 atom stereocenters. The zero-order valence-electron chi connectivity index (χ0n) is 12.7. The first-order valence-electron chi connectivity index (χ1n) is 7.59. The summed E-state index contributed by atoms with van der Waals surface area (Å²) in [5.41, 5.74) is 4.49. The van der Waals surface area contributed by atoms with Gasteiger partial charge in [-0.15, -0.1) is 0 Å². The van der Waals surface area contributed by atoms with Crippen molar-refractivity contribution in [2.45, 2.75) is 45.9 Å². The number of nitrogens with one attached hydrogen (secondary N) is 1. The van der Waals surface area contributed by atoms with Crippen molar-refractivity contribution in [3.63, 3.8) is 0 Å². The number of pyridine rings is 1. The molecule has 1 heterocycles. The highest BCUT2D eigenvalue weighted by Gasteiger charge is 2.21. The van der Waals surface area contributed by atoms with Crippen molar-refractivity contribution in [1.29, 1.82) is 0 Å². The molecule has 1 aliphatic carbocycles. The topological polar surface area (TPSA) is 34.1 Å². The van der Waals surface area contributed by atoms with Crippen molar-refractivity contribution in [2.24, 2.45) is 0 Å². The van der Waals surface area contributed by atoms with Crippen molar-refractivity contribution in [3.05, 3.63) is 58.9 Å². The molecule has 110 valence electrons. The van der Waals surface area contributed by atoms with Crippen LogP contribution in [-0.4, -0.2) is 11.0 Å². The molecular weight excluding hydrogens is 260 g/mol. The standard InChI is InChI=1S/C18H22N2O/c1-13-4-3-5-15(10-13)12-21-18-9-6-14(2)20-17(18)11-19-16-7-8-16/h3-6,9-10,16,19H,7-8,11-12H2,1-2H3. The van der Waals surface area contributed by atoms with Crippen LogP contribution in [0.2, 0.25) is 0 Å². The molecule has 3 heteroatoms. The van der Waals surface area contributed by atoms with E-state index in [0.29, 0.717) is 12.6 Å². The zero-order chi connectivity index (χ0) is 14.7. The molecule has 0 spiro atoms. The highest BCUT2D eigenvalue weighted by Crippen LogP contribution is 2.22. The van der Waals surface area contributed by atoms with Gasteiger partial charge >= 0.3 is 0 Å². The summed E-state index contributed by atoms with van der Waals surface area (Å²) < 4.78 is 5.98. The van der Waals surface area contributed by atoms with Gasteiger partial charge in [-0.2, -0.15) is 0 Å². The van der Waals surface area contributed by atoms with Crippen molar-refractivity contribution in [1.82, 2.24) is 10.3 Å². The number of ether oxygens (including phenoxy) is 1. The fourth-order valence-corrected chi connectivity index (χ4v) is 2.35. The Hall–Kier alpha value is -1.87. The average molecular weight is 282 g/mol. The second-order valence-corrected chi connectivity index (χ2v) is 5.83. The fraction of sp³-hybridized carbons (Fsp3) is 0.389. The van der Waals surface area contributed by atoms with Crippen LogP contribution in [0, 0.1) is 13.8 Å². The lowest BCUT2D eigenvalue weighted by Gasteiger charge is -2.12. The Balaban J connectivity index is 1.68. The van der Waals surface area contributed by atoms with E-state index in [2.05, 4.69) is 41.5 Å². The summed E-state index contributed by atoms with van der Waals surface area (Å²) >= 11 is 0. The second kappa shape index (κ2) is 6.27. The Morgan fingerprint density at radius 1 is 1.19 bits per heavy atom. The second-order valence-electron chi connectivity index (χ2n) is 5.83. The Morgan fingerprint density at radius 2 is 2.05 bits per heavy atom. The summed E-state index contributed by atoms with van der Waals surface area (Å²) in [5.74, 6) is 0.884. The molecule has 1 saturated carbocycles. The first-order valence-corrected chi connectivity index (χ1v) is 7.59. The van der Waals surface area contributed by atoms with Crippen LogP contribution in [0.25, 0.3) is 0 Å². The normalized spacial score (nSPS) is 14.2. The number of aromatic nitrogens is 1. The molecule has 3 nitrogen and oxygen atoms in total. The van der Waals surface area contributed by atoms with Gasteiger partial charge in [-0.25, -0.2) is 0 Å². The molecule has 1 N–H and O–H groups in total. The van der Waals surface area contributed by atoms with E-state index >= 15 is 0 Å². The van der Waals surface area contributed by atoms with Gasteiger partial charge in [-0.1, -0.05) is 29.8 Å². The van der Waals surface area contributed by atoms with E-state index in [-0.39, 0.29) is 0 Å². The Labute approximate surface area is 126 Å². The van der Waals surface area contributed by atoms with Crippen LogP contribution in [0.1, 0.15) is 35.4 Å². The smallest absolute Gasteiger partial charge is 0.142 e. The molecule has 1 aliphatic rings. The summed E-state index contributed by atoms with van der Waals surface area (Å²) in [4.78, 5) is 4.62. The van der Waals surface area contributed by atoms with Crippen molar-refractivity contribution < 1.29 is 4.74 Å². The summed E-state index contributed by atoms with van der Waals surface area (Å²) in [6.45, 7) is 5.49. The molecule has 0 amide bonds. The van der Waals surface area contributed by atoms with E-state index < -0.39 is 0 Å². The molecule has 0 aliphatic heterocycles. The number of nitrogens with zero attached hydrogens (tertiary/aromatic N) is 1. The van der Waals surface area contributed by atoms with Gasteiger partial charge in [0, 0.05) is 18.3 Å². The lowest BCUT2D eigenvalue weighted by atomic mass is 10.1. The minimum Gasteiger partial charge on any atom is -0.487 e. The van der Waals surface area contributed by atoms with Crippen LogP contribution in [-0.2, 0) is 13.2 Å². The summed E-state index contributed by atoms with van der Waals surface area (Å²) in [6.07, 6.45) is 2.57. The van der Waals surface area contributed by atoms with Gasteiger partial charge in [-0.05, 0) is 44.4 Å².